The number of halogens is 2. The summed E-state index contributed by atoms with van der Waals surface area (Å²) in [7, 11) is 1.50. The monoisotopic (exact) mass is 287 g/mol. The third-order valence-corrected chi connectivity index (χ3v) is 4.14. The van der Waals surface area contributed by atoms with Crippen molar-refractivity contribution in [3.63, 3.8) is 0 Å². The molecule has 1 saturated carbocycles. The Kier molecular flexibility index (Phi) is 3.22. The molecule has 0 amide bonds. The number of hydrogen-bond acceptors (Lipinski definition) is 2. The third kappa shape index (κ3) is 1.64. The van der Waals surface area contributed by atoms with Crippen molar-refractivity contribution in [2.24, 2.45) is 5.73 Å². The minimum Gasteiger partial charge on any atom is -0.493 e. The molecule has 1 aromatic rings. The van der Waals surface area contributed by atoms with Gasteiger partial charge in [-0.15, -0.1) is 0 Å². The maximum atomic E-state index is 13.9. The van der Waals surface area contributed by atoms with Gasteiger partial charge in [-0.1, -0.05) is 12.5 Å². The quantitative estimate of drug-likeness (QED) is 0.928. The van der Waals surface area contributed by atoms with Crippen molar-refractivity contribution < 1.29 is 9.13 Å². The van der Waals surface area contributed by atoms with Crippen LogP contribution in [-0.2, 0) is 5.41 Å². The highest BCUT2D eigenvalue weighted by atomic mass is 79.9. The van der Waals surface area contributed by atoms with Crippen LogP contribution in [0.4, 0.5) is 4.39 Å². The minimum atomic E-state index is -0.334. The Morgan fingerprint density at radius 3 is 2.62 bits per heavy atom. The maximum Gasteiger partial charge on any atom is 0.179 e. The van der Waals surface area contributed by atoms with Gasteiger partial charge in [0.1, 0.15) is 0 Å². The molecule has 1 aromatic carbocycles. The second-order valence-electron chi connectivity index (χ2n) is 4.28. The van der Waals surface area contributed by atoms with Crippen LogP contribution in [-0.4, -0.2) is 13.7 Å². The van der Waals surface area contributed by atoms with Crippen molar-refractivity contribution >= 4 is 15.9 Å². The summed E-state index contributed by atoms with van der Waals surface area (Å²) in [6.45, 7) is 0.546. The van der Waals surface area contributed by atoms with E-state index in [1.54, 1.807) is 6.07 Å². The molecule has 1 fully saturated rings. The zero-order valence-electron chi connectivity index (χ0n) is 9.22. The first-order valence-electron chi connectivity index (χ1n) is 5.37. The second kappa shape index (κ2) is 4.34. The summed E-state index contributed by atoms with van der Waals surface area (Å²) in [5.74, 6) is -0.000694. The molecule has 0 aliphatic heterocycles. The van der Waals surface area contributed by atoms with E-state index in [9.17, 15) is 4.39 Å². The van der Waals surface area contributed by atoms with Gasteiger partial charge in [-0.05, 0) is 34.8 Å². The van der Waals surface area contributed by atoms with E-state index in [-0.39, 0.29) is 11.2 Å². The molecule has 0 atom stereocenters. The lowest BCUT2D eigenvalue weighted by Crippen LogP contribution is -2.41. The molecule has 0 spiro atoms. The smallest absolute Gasteiger partial charge is 0.179 e. The van der Waals surface area contributed by atoms with Gasteiger partial charge in [0.2, 0.25) is 0 Å². The van der Waals surface area contributed by atoms with E-state index < -0.39 is 0 Å². The Morgan fingerprint density at radius 2 is 2.19 bits per heavy atom. The molecule has 2 N–H and O–H groups in total. The Balaban J connectivity index is 2.52. The molecule has 2 rings (SSSR count). The van der Waals surface area contributed by atoms with Crippen LogP contribution in [0.3, 0.4) is 0 Å². The van der Waals surface area contributed by atoms with Crippen LogP contribution in [0.5, 0.6) is 5.75 Å². The van der Waals surface area contributed by atoms with Gasteiger partial charge in [0.15, 0.2) is 11.6 Å². The van der Waals surface area contributed by atoms with Gasteiger partial charge in [0.25, 0.3) is 0 Å². The van der Waals surface area contributed by atoms with Gasteiger partial charge >= 0.3 is 0 Å². The van der Waals surface area contributed by atoms with Crippen molar-refractivity contribution in [3.05, 3.63) is 28.0 Å². The molecule has 0 radical (unpaired) electrons. The van der Waals surface area contributed by atoms with E-state index in [1.165, 1.54) is 7.11 Å². The van der Waals surface area contributed by atoms with Gasteiger partial charge in [-0.3, -0.25) is 0 Å². The number of rotatable bonds is 3. The van der Waals surface area contributed by atoms with Crippen LogP contribution < -0.4 is 10.5 Å². The fourth-order valence-electron chi connectivity index (χ4n) is 2.34. The summed E-state index contributed by atoms with van der Waals surface area (Å²) in [6, 6.07) is 3.64. The molecule has 4 heteroatoms. The Labute approximate surface area is 103 Å². The zero-order chi connectivity index (χ0) is 11.8. The van der Waals surface area contributed by atoms with Crippen LogP contribution in [0.2, 0.25) is 0 Å². The lowest BCUT2D eigenvalue weighted by Gasteiger charge is -2.42. The molecule has 16 heavy (non-hydrogen) atoms. The van der Waals surface area contributed by atoms with E-state index in [4.69, 9.17) is 10.5 Å². The van der Waals surface area contributed by atoms with E-state index in [2.05, 4.69) is 15.9 Å². The van der Waals surface area contributed by atoms with Crippen LogP contribution in [0.15, 0.2) is 16.6 Å². The summed E-state index contributed by atoms with van der Waals surface area (Å²) in [4.78, 5) is 0. The molecule has 0 aromatic heterocycles. The first-order chi connectivity index (χ1) is 7.64. The lowest BCUT2D eigenvalue weighted by atomic mass is 9.64. The van der Waals surface area contributed by atoms with Gasteiger partial charge in [-0.25, -0.2) is 4.39 Å². The van der Waals surface area contributed by atoms with Crippen LogP contribution >= 0.6 is 15.9 Å². The minimum absolute atomic E-state index is 0.0765. The van der Waals surface area contributed by atoms with E-state index in [1.807, 2.05) is 6.07 Å². The van der Waals surface area contributed by atoms with Crippen LogP contribution in [0, 0.1) is 5.82 Å². The van der Waals surface area contributed by atoms with E-state index >= 15 is 0 Å². The van der Waals surface area contributed by atoms with E-state index in [0.717, 1.165) is 24.8 Å². The number of benzene rings is 1. The molecule has 0 heterocycles. The Hall–Kier alpha value is -0.610. The van der Waals surface area contributed by atoms with Gasteiger partial charge in [0, 0.05) is 17.5 Å². The largest absolute Gasteiger partial charge is 0.493 e. The zero-order valence-corrected chi connectivity index (χ0v) is 10.8. The topological polar surface area (TPSA) is 35.2 Å². The van der Waals surface area contributed by atoms with Crippen molar-refractivity contribution in [3.8, 4) is 5.75 Å². The molecule has 1 aliphatic rings. The summed E-state index contributed by atoms with van der Waals surface area (Å²) in [5, 5.41) is 0. The SMILES string of the molecule is COc1c(C2(CN)CCC2)ccc(Br)c1F. The van der Waals surface area contributed by atoms with Crippen molar-refractivity contribution in [2.45, 2.75) is 24.7 Å². The average molecular weight is 288 g/mol. The normalized spacial score (nSPS) is 18.0. The molecule has 88 valence electrons. The van der Waals surface area contributed by atoms with E-state index in [0.29, 0.717) is 16.8 Å². The molecular formula is C12H15BrFNO. The first-order valence-corrected chi connectivity index (χ1v) is 6.16. The fraction of sp³-hybridized carbons (Fsp3) is 0.500. The lowest BCUT2D eigenvalue weighted by molar-refractivity contribution is 0.240. The number of nitrogens with two attached hydrogens (primary N) is 1. The molecule has 0 bridgehead atoms. The standard InChI is InChI=1S/C12H15BrFNO/c1-16-11-8(3-4-9(13)10(11)14)12(7-15)5-2-6-12/h3-4H,2,5-7,15H2,1H3. The number of hydrogen-bond donors (Lipinski definition) is 1. The molecular weight excluding hydrogens is 273 g/mol. The van der Waals surface area contributed by atoms with Gasteiger partial charge in [-0.2, -0.15) is 0 Å². The molecule has 1 aliphatic carbocycles. The second-order valence-corrected chi connectivity index (χ2v) is 5.13. The molecule has 2 nitrogen and oxygen atoms in total. The van der Waals surface area contributed by atoms with Crippen LogP contribution in [0.25, 0.3) is 0 Å². The Bertz CT molecular complexity index is 399. The van der Waals surface area contributed by atoms with Gasteiger partial charge < -0.3 is 10.5 Å². The van der Waals surface area contributed by atoms with Crippen LogP contribution in [0.1, 0.15) is 24.8 Å². The fourth-order valence-corrected chi connectivity index (χ4v) is 2.65. The summed E-state index contributed by atoms with van der Waals surface area (Å²) >= 11 is 3.16. The predicted octanol–water partition coefficient (Wildman–Crippen LogP) is 2.98. The predicted molar refractivity (Wildman–Crippen MR) is 65.2 cm³/mol. The maximum absolute atomic E-state index is 13.9. The highest BCUT2D eigenvalue weighted by molar-refractivity contribution is 9.10. The summed E-state index contributed by atoms with van der Waals surface area (Å²) in [5.41, 5.74) is 6.65. The first kappa shape index (κ1) is 11.9. The highest BCUT2D eigenvalue weighted by Crippen LogP contribution is 2.47. The molecule has 0 saturated heterocycles. The van der Waals surface area contributed by atoms with Crippen molar-refractivity contribution in [2.75, 3.05) is 13.7 Å². The Morgan fingerprint density at radius 1 is 1.50 bits per heavy atom. The van der Waals surface area contributed by atoms with Crippen molar-refractivity contribution in [1.29, 1.82) is 0 Å². The third-order valence-electron chi connectivity index (χ3n) is 3.53. The highest BCUT2D eigenvalue weighted by Gasteiger charge is 2.40. The van der Waals surface area contributed by atoms with Gasteiger partial charge in [0.05, 0.1) is 11.6 Å². The number of ether oxygens (including phenoxy) is 1. The summed E-state index contributed by atoms with van der Waals surface area (Å²) in [6.07, 6.45) is 3.18. The molecule has 0 unspecified atom stereocenters. The average Bonchev–Trinajstić information content (AvgIpc) is 2.23. The number of methoxy groups -OCH3 is 1. The van der Waals surface area contributed by atoms with Crippen molar-refractivity contribution in [1.82, 2.24) is 0 Å². The summed E-state index contributed by atoms with van der Waals surface area (Å²) < 4.78 is 19.5.